The van der Waals surface area contributed by atoms with Crippen molar-refractivity contribution >= 4 is 34.4 Å². The van der Waals surface area contributed by atoms with E-state index in [-0.39, 0.29) is 5.78 Å². The zero-order valence-electron chi connectivity index (χ0n) is 7.74. The highest BCUT2D eigenvalue weighted by Gasteiger charge is 2.12. The molecule has 2 N–H and O–H groups in total. The number of nitrogen functional groups attached to an aromatic ring is 1. The number of hydrogen-bond acceptors (Lipinski definition) is 3. The van der Waals surface area contributed by atoms with Crippen LogP contribution in [0, 0.1) is 0 Å². The molecule has 0 radical (unpaired) electrons. The van der Waals surface area contributed by atoms with Crippen LogP contribution in [0.25, 0.3) is 0 Å². The van der Waals surface area contributed by atoms with Crippen molar-refractivity contribution in [1.82, 2.24) is 0 Å². The van der Waals surface area contributed by atoms with Crippen molar-refractivity contribution in [3.63, 3.8) is 0 Å². The van der Waals surface area contributed by atoms with E-state index in [4.69, 9.17) is 17.3 Å². The summed E-state index contributed by atoms with van der Waals surface area (Å²) in [4.78, 5) is 11.9. The maximum Gasteiger partial charge on any atom is 0.195 e. The van der Waals surface area contributed by atoms with Gasteiger partial charge in [-0.3, -0.25) is 4.79 Å². The Bertz CT molecular complexity index is 507. The molecule has 0 bridgehead atoms. The van der Waals surface area contributed by atoms with Gasteiger partial charge in [0.25, 0.3) is 0 Å². The summed E-state index contributed by atoms with van der Waals surface area (Å²) in [6.07, 6.45) is 0. The summed E-state index contributed by atoms with van der Waals surface area (Å²) in [6, 6.07) is 8.66. The molecule has 2 nitrogen and oxygen atoms in total. The molecular weight excluding hydrogens is 230 g/mol. The van der Waals surface area contributed by atoms with Crippen LogP contribution in [0.4, 0.5) is 5.69 Å². The Morgan fingerprint density at radius 3 is 2.67 bits per heavy atom. The molecule has 76 valence electrons. The lowest BCUT2D eigenvalue weighted by molar-refractivity contribution is 0.104. The van der Waals surface area contributed by atoms with Crippen molar-refractivity contribution in [3.8, 4) is 0 Å². The average molecular weight is 238 g/mol. The topological polar surface area (TPSA) is 43.1 Å². The van der Waals surface area contributed by atoms with Crippen molar-refractivity contribution in [3.05, 3.63) is 51.2 Å². The number of carbonyl (C=O) groups is 1. The lowest BCUT2D eigenvalue weighted by atomic mass is 10.0. The maximum atomic E-state index is 11.9. The Morgan fingerprint density at radius 1 is 1.33 bits per heavy atom. The van der Waals surface area contributed by atoms with E-state index in [0.29, 0.717) is 21.2 Å². The number of carbonyl (C=O) groups excluding carboxylic acids is 1. The summed E-state index contributed by atoms with van der Waals surface area (Å²) in [5.74, 6) is -0.0868. The summed E-state index contributed by atoms with van der Waals surface area (Å²) in [5.41, 5.74) is 7.31. The molecule has 1 heterocycles. The number of benzene rings is 1. The van der Waals surface area contributed by atoms with Gasteiger partial charge in [-0.15, -0.1) is 11.3 Å². The molecule has 0 fully saturated rings. The first-order chi connectivity index (χ1) is 7.18. The van der Waals surface area contributed by atoms with Gasteiger partial charge in [-0.05, 0) is 18.2 Å². The quantitative estimate of drug-likeness (QED) is 0.644. The summed E-state index contributed by atoms with van der Waals surface area (Å²) >= 11 is 7.10. The Labute approximate surface area is 96.3 Å². The minimum absolute atomic E-state index is 0.0868. The van der Waals surface area contributed by atoms with Crippen LogP contribution in [0.3, 0.4) is 0 Å². The fourth-order valence-corrected chi connectivity index (χ4v) is 2.15. The van der Waals surface area contributed by atoms with E-state index in [1.54, 1.807) is 35.7 Å². The van der Waals surface area contributed by atoms with Gasteiger partial charge in [-0.2, -0.15) is 0 Å². The van der Waals surface area contributed by atoms with E-state index in [0.717, 1.165) is 0 Å². The third-order valence-corrected chi connectivity index (χ3v) is 3.13. The number of para-hydroxylation sites is 1. The van der Waals surface area contributed by atoms with Crippen LogP contribution in [-0.4, -0.2) is 5.78 Å². The molecule has 0 aliphatic carbocycles. The van der Waals surface area contributed by atoms with Gasteiger partial charge in [-0.25, -0.2) is 0 Å². The minimum Gasteiger partial charge on any atom is -0.398 e. The molecule has 1 aromatic heterocycles. The fraction of sp³-hybridized carbons (Fsp3) is 0. The predicted molar refractivity (Wildman–Crippen MR) is 63.6 cm³/mol. The van der Waals surface area contributed by atoms with Gasteiger partial charge in [0.2, 0.25) is 0 Å². The Morgan fingerprint density at radius 2 is 2.07 bits per heavy atom. The van der Waals surface area contributed by atoms with Gasteiger partial charge in [0.05, 0.1) is 4.34 Å². The van der Waals surface area contributed by atoms with Gasteiger partial charge in [0, 0.05) is 22.2 Å². The van der Waals surface area contributed by atoms with Crippen molar-refractivity contribution in [2.75, 3.05) is 5.73 Å². The molecule has 0 spiro atoms. The normalized spacial score (nSPS) is 10.2. The highest BCUT2D eigenvalue weighted by atomic mass is 35.5. The average Bonchev–Trinajstić information content (AvgIpc) is 2.65. The van der Waals surface area contributed by atoms with E-state index in [1.807, 2.05) is 0 Å². The summed E-state index contributed by atoms with van der Waals surface area (Å²) in [7, 11) is 0. The second kappa shape index (κ2) is 4.04. The first-order valence-corrected chi connectivity index (χ1v) is 5.57. The number of ketones is 1. The molecule has 1 aromatic carbocycles. The third kappa shape index (κ3) is 2.03. The third-order valence-electron chi connectivity index (χ3n) is 2.04. The van der Waals surface area contributed by atoms with Gasteiger partial charge in [0.15, 0.2) is 5.78 Å². The number of rotatable bonds is 2. The maximum absolute atomic E-state index is 11.9. The molecule has 0 amide bonds. The van der Waals surface area contributed by atoms with E-state index in [2.05, 4.69) is 0 Å². The van der Waals surface area contributed by atoms with Crippen molar-refractivity contribution < 1.29 is 4.79 Å². The van der Waals surface area contributed by atoms with Gasteiger partial charge >= 0.3 is 0 Å². The molecule has 0 saturated heterocycles. The highest BCUT2D eigenvalue weighted by molar-refractivity contribution is 7.14. The van der Waals surface area contributed by atoms with Crippen molar-refractivity contribution in [2.45, 2.75) is 0 Å². The Balaban J connectivity index is 2.41. The second-order valence-electron chi connectivity index (χ2n) is 3.06. The number of halogens is 1. The number of nitrogens with two attached hydrogens (primary N) is 1. The molecule has 0 unspecified atom stereocenters. The monoisotopic (exact) mass is 237 g/mol. The molecule has 0 atom stereocenters. The zero-order valence-corrected chi connectivity index (χ0v) is 9.31. The molecule has 4 heteroatoms. The van der Waals surface area contributed by atoms with E-state index in [9.17, 15) is 4.79 Å². The van der Waals surface area contributed by atoms with Crippen LogP contribution in [-0.2, 0) is 0 Å². The Hall–Kier alpha value is -1.32. The van der Waals surface area contributed by atoms with E-state index < -0.39 is 0 Å². The SMILES string of the molecule is Nc1ccccc1C(=O)c1csc(Cl)c1. The number of hydrogen-bond donors (Lipinski definition) is 1. The Kier molecular flexibility index (Phi) is 2.75. The summed E-state index contributed by atoms with van der Waals surface area (Å²) < 4.78 is 0.604. The summed E-state index contributed by atoms with van der Waals surface area (Å²) in [5, 5.41) is 1.73. The lowest BCUT2D eigenvalue weighted by Crippen LogP contribution is -2.03. The van der Waals surface area contributed by atoms with E-state index >= 15 is 0 Å². The smallest absolute Gasteiger partial charge is 0.195 e. The number of thiophene rings is 1. The summed E-state index contributed by atoms with van der Waals surface area (Å²) in [6.45, 7) is 0. The standard InChI is InChI=1S/C11H8ClNOS/c12-10-5-7(6-15-10)11(14)8-3-1-2-4-9(8)13/h1-6H,13H2. The molecule has 15 heavy (non-hydrogen) atoms. The number of anilines is 1. The lowest BCUT2D eigenvalue weighted by Gasteiger charge is -2.01. The molecule has 0 saturated carbocycles. The molecule has 2 rings (SSSR count). The van der Waals surface area contributed by atoms with Crippen LogP contribution in [0.1, 0.15) is 15.9 Å². The minimum atomic E-state index is -0.0868. The van der Waals surface area contributed by atoms with Gasteiger partial charge in [0.1, 0.15) is 0 Å². The van der Waals surface area contributed by atoms with Crippen molar-refractivity contribution in [2.24, 2.45) is 0 Å². The molecular formula is C11H8ClNOS. The van der Waals surface area contributed by atoms with Gasteiger partial charge < -0.3 is 5.73 Å². The largest absolute Gasteiger partial charge is 0.398 e. The molecule has 0 aliphatic rings. The van der Waals surface area contributed by atoms with Crippen molar-refractivity contribution in [1.29, 1.82) is 0 Å². The first-order valence-electron chi connectivity index (χ1n) is 4.31. The van der Waals surface area contributed by atoms with Crippen LogP contribution in [0.2, 0.25) is 4.34 Å². The zero-order chi connectivity index (χ0) is 10.8. The van der Waals surface area contributed by atoms with E-state index in [1.165, 1.54) is 11.3 Å². The predicted octanol–water partition coefficient (Wildman–Crippen LogP) is 3.21. The highest BCUT2D eigenvalue weighted by Crippen LogP contribution is 2.23. The van der Waals surface area contributed by atoms with Crippen LogP contribution < -0.4 is 5.73 Å². The second-order valence-corrected chi connectivity index (χ2v) is 4.60. The molecule has 0 aliphatic heterocycles. The van der Waals surface area contributed by atoms with Crippen LogP contribution in [0.15, 0.2) is 35.7 Å². The van der Waals surface area contributed by atoms with Gasteiger partial charge in [-0.1, -0.05) is 23.7 Å². The first kappa shape index (κ1) is 10.2. The molecule has 2 aromatic rings. The van der Waals surface area contributed by atoms with Crippen LogP contribution >= 0.6 is 22.9 Å². The fourth-order valence-electron chi connectivity index (χ4n) is 1.29. The van der Waals surface area contributed by atoms with Crippen LogP contribution in [0.5, 0.6) is 0 Å².